The number of hydrogen-bond acceptors (Lipinski definition) is 6. The van der Waals surface area contributed by atoms with Crippen LogP contribution in [0.1, 0.15) is 50.6 Å². The number of rotatable bonds is 5. The molecular weight excluding hydrogens is 496 g/mol. The van der Waals surface area contributed by atoms with Crippen LogP contribution in [0.3, 0.4) is 0 Å². The SMILES string of the molecule is C=C(Oc1nc(-c2ccc3c(c2)NC(=O)C32CCN(C(C)=O)CC2)cc2ncn(C3CC3)c12)[C@H]1CNC(=O)C1. The lowest BCUT2D eigenvalue weighted by Gasteiger charge is -2.37. The normalized spacial score (nSPS) is 21.7. The number of amides is 3. The smallest absolute Gasteiger partial charge is 0.246 e. The molecule has 3 amide bonds. The lowest BCUT2D eigenvalue weighted by molar-refractivity contribution is -0.133. The summed E-state index contributed by atoms with van der Waals surface area (Å²) in [6, 6.07) is 8.29. The van der Waals surface area contributed by atoms with Crippen molar-refractivity contribution in [2.24, 2.45) is 5.92 Å². The van der Waals surface area contributed by atoms with Crippen molar-refractivity contribution in [3.05, 3.63) is 48.5 Å². The summed E-state index contributed by atoms with van der Waals surface area (Å²) in [6.07, 6.45) is 5.57. The van der Waals surface area contributed by atoms with Crippen LogP contribution in [0.4, 0.5) is 5.69 Å². The Hall–Kier alpha value is -4.21. The number of anilines is 1. The van der Waals surface area contributed by atoms with E-state index in [-0.39, 0.29) is 23.6 Å². The van der Waals surface area contributed by atoms with Crippen molar-refractivity contribution in [3.8, 4) is 17.1 Å². The quantitative estimate of drug-likeness (QED) is 0.493. The number of imidazole rings is 1. The van der Waals surface area contributed by atoms with E-state index in [0.29, 0.717) is 62.3 Å². The van der Waals surface area contributed by atoms with Gasteiger partial charge < -0.3 is 24.8 Å². The molecule has 39 heavy (non-hydrogen) atoms. The van der Waals surface area contributed by atoms with Crippen LogP contribution in [0.5, 0.6) is 5.88 Å². The summed E-state index contributed by atoms with van der Waals surface area (Å²) in [4.78, 5) is 48.2. The maximum atomic E-state index is 13.2. The van der Waals surface area contributed by atoms with Gasteiger partial charge >= 0.3 is 0 Å². The van der Waals surface area contributed by atoms with Gasteiger partial charge in [0.15, 0.2) is 0 Å². The molecule has 1 saturated carbocycles. The number of carbonyl (C=O) groups excluding carboxylic acids is 3. The van der Waals surface area contributed by atoms with Gasteiger partial charge in [-0.2, -0.15) is 0 Å². The lowest BCUT2D eigenvalue weighted by Crippen LogP contribution is -2.47. The number of nitrogens with one attached hydrogen (secondary N) is 2. The minimum Gasteiger partial charge on any atom is -0.442 e. The molecule has 3 aliphatic heterocycles. The van der Waals surface area contributed by atoms with Crippen molar-refractivity contribution < 1.29 is 19.1 Å². The molecule has 0 unspecified atom stereocenters. The van der Waals surface area contributed by atoms with Crippen LogP contribution < -0.4 is 15.4 Å². The maximum Gasteiger partial charge on any atom is 0.246 e. The first-order valence-electron chi connectivity index (χ1n) is 13.6. The lowest BCUT2D eigenvalue weighted by atomic mass is 9.73. The molecule has 1 atom stereocenters. The average molecular weight is 527 g/mol. The number of piperidine rings is 1. The highest BCUT2D eigenvalue weighted by Crippen LogP contribution is 2.47. The summed E-state index contributed by atoms with van der Waals surface area (Å²) in [5.41, 5.74) is 4.25. The fraction of sp³-hybridized carbons (Fsp3) is 0.414. The molecule has 3 fully saturated rings. The van der Waals surface area contributed by atoms with Crippen molar-refractivity contribution in [2.45, 2.75) is 50.5 Å². The zero-order chi connectivity index (χ0) is 26.9. The number of likely N-dealkylation sites (tertiary alicyclic amines) is 1. The largest absolute Gasteiger partial charge is 0.442 e. The minimum absolute atomic E-state index is 0.00967. The number of carbonyl (C=O) groups is 3. The number of fused-ring (bicyclic) bond motifs is 3. The Bertz CT molecular complexity index is 1560. The molecule has 0 radical (unpaired) electrons. The van der Waals surface area contributed by atoms with E-state index in [2.05, 4.69) is 26.8 Å². The third-order valence-electron chi connectivity index (χ3n) is 8.70. The topological polar surface area (TPSA) is 118 Å². The fourth-order valence-corrected chi connectivity index (χ4v) is 6.20. The van der Waals surface area contributed by atoms with Gasteiger partial charge in [-0.05, 0) is 43.4 Å². The van der Waals surface area contributed by atoms with Gasteiger partial charge in [0.1, 0.15) is 11.3 Å². The van der Waals surface area contributed by atoms with E-state index < -0.39 is 5.41 Å². The molecule has 7 rings (SSSR count). The van der Waals surface area contributed by atoms with Gasteiger partial charge in [-0.1, -0.05) is 18.7 Å². The first-order valence-corrected chi connectivity index (χ1v) is 13.6. The van der Waals surface area contributed by atoms with Crippen molar-refractivity contribution in [2.75, 3.05) is 25.0 Å². The van der Waals surface area contributed by atoms with E-state index in [4.69, 9.17) is 9.72 Å². The number of hydrogen-bond donors (Lipinski definition) is 2. The van der Waals surface area contributed by atoms with Gasteiger partial charge in [0.2, 0.25) is 23.6 Å². The Kier molecular flexibility index (Phi) is 5.30. The van der Waals surface area contributed by atoms with Crippen LogP contribution in [0, 0.1) is 5.92 Å². The molecule has 4 aliphatic rings. The van der Waals surface area contributed by atoms with E-state index in [0.717, 1.165) is 40.7 Å². The number of pyridine rings is 1. The third-order valence-corrected chi connectivity index (χ3v) is 8.70. The van der Waals surface area contributed by atoms with Crippen LogP contribution in [-0.4, -0.2) is 56.8 Å². The summed E-state index contributed by atoms with van der Waals surface area (Å²) in [5.74, 6) is 0.836. The van der Waals surface area contributed by atoms with Crippen molar-refractivity contribution in [1.82, 2.24) is 24.8 Å². The molecule has 1 spiro atoms. The molecule has 2 aromatic heterocycles. The summed E-state index contributed by atoms with van der Waals surface area (Å²) in [5, 5.41) is 5.92. The molecular formula is C29H30N6O4. The summed E-state index contributed by atoms with van der Waals surface area (Å²) < 4.78 is 8.39. The molecule has 5 heterocycles. The van der Waals surface area contributed by atoms with Crippen LogP contribution in [0.15, 0.2) is 42.9 Å². The molecule has 10 nitrogen and oxygen atoms in total. The molecule has 1 aliphatic carbocycles. The van der Waals surface area contributed by atoms with E-state index >= 15 is 0 Å². The molecule has 1 aromatic carbocycles. The highest BCUT2D eigenvalue weighted by Gasteiger charge is 2.48. The highest BCUT2D eigenvalue weighted by atomic mass is 16.5. The monoisotopic (exact) mass is 526 g/mol. The number of aromatic nitrogens is 3. The predicted octanol–water partition coefficient (Wildman–Crippen LogP) is 3.29. The molecule has 2 saturated heterocycles. The second-order valence-electron chi connectivity index (χ2n) is 11.1. The Balaban J connectivity index is 1.24. The molecule has 200 valence electrons. The van der Waals surface area contributed by atoms with E-state index in [1.54, 1.807) is 11.8 Å². The highest BCUT2D eigenvalue weighted by molar-refractivity contribution is 6.07. The van der Waals surface area contributed by atoms with Gasteiger partial charge in [-0.15, -0.1) is 0 Å². The third kappa shape index (κ3) is 3.88. The van der Waals surface area contributed by atoms with E-state index in [1.165, 1.54) is 0 Å². The van der Waals surface area contributed by atoms with Gasteiger partial charge in [0.05, 0.1) is 23.0 Å². The van der Waals surface area contributed by atoms with E-state index in [9.17, 15) is 14.4 Å². The summed E-state index contributed by atoms with van der Waals surface area (Å²) in [7, 11) is 0. The van der Waals surface area contributed by atoms with Crippen molar-refractivity contribution >= 4 is 34.4 Å². The van der Waals surface area contributed by atoms with Gasteiger partial charge in [-0.3, -0.25) is 14.4 Å². The van der Waals surface area contributed by atoms with Crippen LogP contribution in [0.25, 0.3) is 22.3 Å². The predicted molar refractivity (Wildman–Crippen MR) is 144 cm³/mol. The van der Waals surface area contributed by atoms with Gasteiger partial charge in [0, 0.05) is 56.2 Å². The Morgan fingerprint density at radius 3 is 2.67 bits per heavy atom. The molecule has 2 N–H and O–H groups in total. The zero-order valence-electron chi connectivity index (χ0n) is 21.8. The van der Waals surface area contributed by atoms with Crippen LogP contribution in [-0.2, 0) is 19.8 Å². The van der Waals surface area contributed by atoms with Crippen LogP contribution in [0.2, 0.25) is 0 Å². The minimum atomic E-state index is -0.612. The Morgan fingerprint density at radius 2 is 1.97 bits per heavy atom. The Morgan fingerprint density at radius 1 is 1.18 bits per heavy atom. The standard InChI is InChI=1S/C29H30N6O4/c1-16(19-12-25(37)30-14-19)39-27-26-24(31-15-35(26)20-4-5-20)13-22(32-27)18-3-6-21-23(11-18)33-28(38)29(21)7-9-34(10-8-29)17(2)36/h3,6,11,13,15,19-20H,1,4-5,7-10,12,14H2,2H3,(H,30,37)(H,33,38)/t19-/m1/s1. The van der Waals surface area contributed by atoms with E-state index in [1.807, 2.05) is 30.6 Å². The average Bonchev–Trinajstić information content (AvgIpc) is 3.42. The first-order chi connectivity index (χ1) is 18.8. The second-order valence-corrected chi connectivity index (χ2v) is 11.1. The number of ether oxygens (including phenoxy) is 1. The van der Waals surface area contributed by atoms with Crippen LogP contribution >= 0.6 is 0 Å². The second kappa shape index (κ2) is 8.65. The number of benzene rings is 1. The van der Waals surface area contributed by atoms with Gasteiger partial charge in [0.25, 0.3) is 0 Å². The first kappa shape index (κ1) is 23.9. The zero-order valence-corrected chi connectivity index (χ0v) is 21.8. The molecule has 0 bridgehead atoms. The van der Waals surface area contributed by atoms with Crippen molar-refractivity contribution in [1.29, 1.82) is 0 Å². The number of nitrogens with zero attached hydrogens (tertiary/aromatic N) is 4. The van der Waals surface area contributed by atoms with Crippen molar-refractivity contribution in [3.63, 3.8) is 0 Å². The fourth-order valence-electron chi connectivity index (χ4n) is 6.20. The summed E-state index contributed by atoms with van der Waals surface area (Å²) in [6.45, 7) is 7.32. The maximum absolute atomic E-state index is 13.2. The molecule has 10 heteroatoms. The van der Waals surface area contributed by atoms with Gasteiger partial charge in [-0.25, -0.2) is 9.97 Å². The summed E-state index contributed by atoms with van der Waals surface area (Å²) >= 11 is 0. The Labute approximate surface area is 225 Å². The molecule has 3 aromatic rings.